The lowest BCUT2D eigenvalue weighted by molar-refractivity contribution is -0.0838. The Morgan fingerprint density at radius 2 is 1.58 bits per heavy atom. The molecule has 0 bridgehead atoms. The first-order valence-electron chi connectivity index (χ1n) is 8.37. The van der Waals surface area contributed by atoms with Crippen molar-refractivity contribution in [1.82, 2.24) is 4.90 Å². The molecule has 3 aromatic rings. The Kier molecular flexibility index (Phi) is 4.34. The summed E-state index contributed by atoms with van der Waals surface area (Å²) in [6, 6.07) is 20.9. The summed E-state index contributed by atoms with van der Waals surface area (Å²) in [5.41, 5.74) is 1.54. The highest BCUT2D eigenvalue weighted by Crippen LogP contribution is 2.35. The lowest BCUT2D eigenvalue weighted by Gasteiger charge is -2.45. The summed E-state index contributed by atoms with van der Waals surface area (Å²) in [5.74, 6) is 6.14. The van der Waals surface area contributed by atoms with E-state index in [4.69, 9.17) is 0 Å². The van der Waals surface area contributed by atoms with E-state index in [-0.39, 0.29) is 5.91 Å². The number of benzene rings is 2. The van der Waals surface area contributed by atoms with Crippen molar-refractivity contribution >= 4 is 17.2 Å². The van der Waals surface area contributed by atoms with E-state index in [1.165, 1.54) is 11.3 Å². The fraction of sp³-hybridized carbons (Fsp3) is 0.136. The van der Waals surface area contributed by atoms with Crippen LogP contribution in [0.4, 0.5) is 0 Å². The first-order valence-corrected chi connectivity index (χ1v) is 9.25. The number of rotatable bonds is 2. The monoisotopic (exact) mass is 359 g/mol. The molecule has 1 aliphatic heterocycles. The average Bonchev–Trinajstić information content (AvgIpc) is 3.20. The van der Waals surface area contributed by atoms with E-state index in [1.807, 2.05) is 60.0 Å². The minimum Gasteiger partial charge on any atom is -0.381 e. The number of nitrogens with zero attached hydrogens (tertiary/aromatic N) is 1. The molecule has 0 saturated carbocycles. The van der Waals surface area contributed by atoms with Crippen LogP contribution in [0.1, 0.15) is 26.4 Å². The summed E-state index contributed by atoms with van der Waals surface area (Å²) in [4.78, 5) is 15.1. The van der Waals surface area contributed by atoms with Crippen LogP contribution in [0.2, 0.25) is 0 Å². The van der Waals surface area contributed by atoms with Gasteiger partial charge in [-0.25, -0.2) is 0 Å². The van der Waals surface area contributed by atoms with E-state index in [1.54, 1.807) is 17.0 Å². The number of amides is 1. The molecule has 0 unspecified atom stereocenters. The van der Waals surface area contributed by atoms with Crippen LogP contribution in [0.15, 0.2) is 72.1 Å². The van der Waals surface area contributed by atoms with Gasteiger partial charge in [-0.3, -0.25) is 4.79 Å². The largest absolute Gasteiger partial charge is 0.381 e. The molecule has 0 radical (unpaired) electrons. The van der Waals surface area contributed by atoms with E-state index in [0.29, 0.717) is 18.7 Å². The van der Waals surface area contributed by atoms with Gasteiger partial charge in [0.1, 0.15) is 5.60 Å². The van der Waals surface area contributed by atoms with Crippen LogP contribution < -0.4 is 0 Å². The third-order valence-corrected chi connectivity index (χ3v) is 5.49. The van der Waals surface area contributed by atoms with Gasteiger partial charge in [-0.15, -0.1) is 11.3 Å². The molecule has 1 aliphatic rings. The highest BCUT2D eigenvalue weighted by molar-refractivity contribution is 7.10. The number of β-amino-alcohol motifs (C(OH)–C–C–N with tert-alkyl or cyclic N) is 1. The van der Waals surface area contributed by atoms with E-state index in [9.17, 15) is 9.90 Å². The third-order valence-electron chi connectivity index (χ3n) is 4.43. The van der Waals surface area contributed by atoms with Gasteiger partial charge in [0.25, 0.3) is 5.91 Å². The number of hydrogen-bond acceptors (Lipinski definition) is 3. The fourth-order valence-corrected chi connectivity index (χ4v) is 3.78. The molecule has 2 heterocycles. The molecule has 2 aromatic carbocycles. The maximum absolute atomic E-state index is 12.6. The summed E-state index contributed by atoms with van der Waals surface area (Å²) in [6.45, 7) is 0.670. The number of thiophene rings is 1. The van der Waals surface area contributed by atoms with Gasteiger partial charge < -0.3 is 10.0 Å². The van der Waals surface area contributed by atoms with Crippen molar-refractivity contribution in [2.24, 2.45) is 0 Å². The Balaban J connectivity index is 1.42. The maximum atomic E-state index is 12.6. The number of carbonyl (C=O) groups is 1. The predicted octanol–water partition coefficient (Wildman–Crippen LogP) is 3.49. The van der Waals surface area contributed by atoms with Gasteiger partial charge in [0.2, 0.25) is 0 Å². The molecule has 26 heavy (non-hydrogen) atoms. The van der Waals surface area contributed by atoms with Crippen LogP contribution in [0, 0.1) is 11.8 Å². The van der Waals surface area contributed by atoms with Crippen molar-refractivity contribution in [2.75, 3.05) is 13.1 Å². The standard InChI is InChI=1S/C22H17NO2S/c24-21(23-15-22(25,16-23)20-7-4-14-26-20)19-12-10-18(11-13-19)9-8-17-5-2-1-3-6-17/h1-7,10-14,25H,15-16H2. The smallest absolute Gasteiger partial charge is 0.254 e. The van der Waals surface area contributed by atoms with Crippen molar-refractivity contribution in [1.29, 1.82) is 0 Å². The van der Waals surface area contributed by atoms with Gasteiger partial charge in [0.15, 0.2) is 0 Å². The van der Waals surface area contributed by atoms with Gasteiger partial charge >= 0.3 is 0 Å². The van der Waals surface area contributed by atoms with Crippen LogP contribution in [-0.2, 0) is 5.60 Å². The molecule has 1 aromatic heterocycles. The summed E-state index contributed by atoms with van der Waals surface area (Å²) in [6.07, 6.45) is 0. The van der Waals surface area contributed by atoms with E-state index in [0.717, 1.165) is 16.0 Å². The molecule has 0 spiro atoms. The number of hydrogen-bond donors (Lipinski definition) is 1. The molecular weight excluding hydrogens is 342 g/mol. The third kappa shape index (κ3) is 3.28. The second kappa shape index (κ2) is 6.80. The summed E-state index contributed by atoms with van der Waals surface area (Å²) in [7, 11) is 0. The van der Waals surface area contributed by atoms with Gasteiger partial charge in [-0.2, -0.15) is 0 Å². The quantitative estimate of drug-likeness (QED) is 0.712. The first kappa shape index (κ1) is 16.6. The topological polar surface area (TPSA) is 40.5 Å². The van der Waals surface area contributed by atoms with Gasteiger partial charge in [-0.1, -0.05) is 36.1 Å². The molecule has 0 aliphatic carbocycles. The highest BCUT2D eigenvalue weighted by atomic mass is 32.1. The molecule has 1 amide bonds. The first-order chi connectivity index (χ1) is 12.6. The molecule has 3 nitrogen and oxygen atoms in total. The normalized spacial score (nSPS) is 14.9. The van der Waals surface area contributed by atoms with Gasteiger partial charge in [0, 0.05) is 21.6 Å². The molecule has 0 atom stereocenters. The van der Waals surface area contributed by atoms with Crippen LogP contribution in [0.25, 0.3) is 0 Å². The zero-order valence-electron chi connectivity index (χ0n) is 14.1. The molecule has 1 fully saturated rings. The Morgan fingerprint density at radius 1 is 0.923 bits per heavy atom. The van der Waals surface area contributed by atoms with Crippen molar-refractivity contribution in [2.45, 2.75) is 5.60 Å². The average molecular weight is 359 g/mol. The lowest BCUT2D eigenvalue weighted by atomic mass is 9.91. The number of aliphatic hydroxyl groups is 1. The van der Waals surface area contributed by atoms with Crippen molar-refractivity contribution in [3.05, 3.63) is 93.7 Å². The van der Waals surface area contributed by atoms with Crippen molar-refractivity contribution in [3.8, 4) is 11.8 Å². The van der Waals surface area contributed by atoms with Crippen molar-refractivity contribution in [3.63, 3.8) is 0 Å². The lowest BCUT2D eigenvalue weighted by Crippen LogP contribution is -2.60. The van der Waals surface area contributed by atoms with Crippen molar-refractivity contribution < 1.29 is 9.90 Å². The minimum absolute atomic E-state index is 0.0613. The summed E-state index contributed by atoms with van der Waals surface area (Å²) >= 11 is 1.52. The highest BCUT2D eigenvalue weighted by Gasteiger charge is 2.45. The zero-order valence-corrected chi connectivity index (χ0v) is 14.9. The molecule has 4 heteroatoms. The van der Waals surface area contributed by atoms with Crippen LogP contribution in [0.5, 0.6) is 0 Å². The predicted molar refractivity (Wildman–Crippen MR) is 103 cm³/mol. The Bertz CT molecular complexity index is 960. The van der Waals surface area contributed by atoms with E-state index < -0.39 is 5.60 Å². The summed E-state index contributed by atoms with van der Waals surface area (Å²) in [5, 5.41) is 12.5. The number of carbonyl (C=O) groups excluding carboxylic acids is 1. The van der Waals surface area contributed by atoms with Crippen LogP contribution >= 0.6 is 11.3 Å². The van der Waals surface area contributed by atoms with Gasteiger partial charge in [-0.05, 0) is 47.8 Å². The fourth-order valence-electron chi connectivity index (χ4n) is 2.97. The Labute approximate surface area is 156 Å². The molecule has 128 valence electrons. The zero-order chi connectivity index (χ0) is 18.0. The number of likely N-dealkylation sites (tertiary alicyclic amines) is 1. The summed E-state index contributed by atoms with van der Waals surface area (Å²) < 4.78 is 0. The Morgan fingerprint density at radius 3 is 2.19 bits per heavy atom. The Hall–Kier alpha value is -2.87. The van der Waals surface area contributed by atoms with Gasteiger partial charge in [0.05, 0.1) is 13.1 Å². The molecule has 4 rings (SSSR count). The maximum Gasteiger partial charge on any atom is 0.254 e. The van der Waals surface area contributed by atoms with E-state index >= 15 is 0 Å². The van der Waals surface area contributed by atoms with Crippen LogP contribution in [-0.4, -0.2) is 29.0 Å². The van der Waals surface area contributed by atoms with Crippen LogP contribution in [0.3, 0.4) is 0 Å². The minimum atomic E-state index is -0.898. The molecule has 1 saturated heterocycles. The second-order valence-corrected chi connectivity index (χ2v) is 7.31. The molecular formula is C22H17NO2S. The SMILES string of the molecule is O=C(c1ccc(C#Cc2ccccc2)cc1)N1CC(O)(c2cccs2)C1. The molecule has 1 N–H and O–H groups in total. The van der Waals surface area contributed by atoms with E-state index in [2.05, 4.69) is 11.8 Å². The second-order valence-electron chi connectivity index (χ2n) is 6.36.